The van der Waals surface area contributed by atoms with Gasteiger partial charge >= 0.3 is 0 Å². The summed E-state index contributed by atoms with van der Waals surface area (Å²) in [5, 5.41) is 9.78. The van der Waals surface area contributed by atoms with Gasteiger partial charge in [-0.05, 0) is 57.8 Å². The van der Waals surface area contributed by atoms with E-state index < -0.39 is 0 Å². The summed E-state index contributed by atoms with van der Waals surface area (Å²) in [4.78, 5) is 0. The summed E-state index contributed by atoms with van der Waals surface area (Å²) in [6.45, 7) is 7.40. The van der Waals surface area contributed by atoms with Crippen molar-refractivity contribution in [1.29, 1.82) is 0 Å². The normalized spacial score (nSPS) is 13.1. The second-order valence-corrected chi connectivity index (χ2v) is 4.85. The molecule has 19 heavy (non-hydrogen) atoms. The highest BCUT2D eigenvalue weighted by atomic mass is 16.3. The fourth-order valence-corrected chi connectivity index (χ4v) is 1.77. The van der Waals surface area contributed by atoms with Gasteiger partial charge in [0.15, 0.2) is 0 Å². The van der Waals surface area contributed by atoms with Crippen molar-refractivity contribution in [2.45, 2.75) is 63.9 Å². The Balaban J connectivity index is 3.40. The van der Waals surface area contributed by atoms with Crippen LogP contribution in [0, 0.1) is 0 Å². The molecule has 0 aliphatic carbocycles. The number of unbranched alkanes of at least 4 members (excludes halogenated alkanes) is 4. The number of rotatable bonds is 13. The molecule has 0 radical (unpaired) electrons. The molecule has 0 fully saturated rings. The minimum Gasteiger partial charge on any atom is -0.393 e. The van der Waals surface area contributed by atoms with Gasteiger partial charge in [-0.15, -0.1) is 13.2 Å². The van der Waals surface area contributed by atoms with Gasteiger partial charge in [-0.2, -0.15) is 0 Å². The third-order valence-corrected chi connectivity index (χ3v) is 2.97. The van der Waals surface area contributed by atoms with E-state index in [1.165, 1.54) is 6.42 Å². The van der Waals surface area contributed by atoms with Gasteiger partial charge in [0, 0.05) is 0 Å². The van der Waals surface area contributed by atoms with Crippen LogP contribution in [0.25, 0.3) is 0 Å². The number of aliphatic hydroxyl groups excluding tert-OH is 1. The van der Waals surface area contributed by atoms with Crippen LogP contribution in [0.1, 0.15) is 57.8 Å². The molecule has 1 heteroatoms. The highest BCUT2D eigenvalue weighted by Gasteiger charge is 1.98. The van der Waals surface area contributed by atoms with Crippen LogP contribution < -0.4 is 0 Å². The Morgan fingerprint density at radius 2 is 1.26 bits per heavy atom. The van der Waals surface area contributed by atoms with Gasteiger partial charge in [-0.1, -0.05) is 36.5 Å². The molecule has 0 saturated carbocycles. The van der Waals surface area contributed by atoms with E-state index in [9.17, 15) is 5.11 Å². The number of hydrogen-bond acceptors (Lipinski definition) is 1. The highest BCUT2D eigenvalue weighted by Crippen LogP contribution is 2.06. The molecule has 0 aromatic heterocycles. The van der Waals surface area contributed by atoms with E-state index >= 15 is 0 Å². The zero-order valence-electron chi connectivity index (χ0n) is 12.3. The second kappa shape index (κ2) is 15.0. The average Bonchev–Trinajstić information content (AvgIpc) is 2.41. The van der Waals surface area contributed by atoms with E-state index in [0.29, 0.717) is 0 Å². The van der Waals surface area contributed by atoms with Crippen LogP contribution in [0.4, 0.5) is 0 Å². The lowest BCUT2D eigenvalue weighted by molar-refractivity contribution is 0.169. The molecule has 1 nitrogen and oxygen atoms in total. The van der Waals surface area contributed by atoms with Crippen molar-refractivity contribution in [3.05, 3.63) is 49.6 Å². The van der Waals surface area contributed by atoms with Crippen molar-refractivity contribution < 1.29 is 5.11 Å². The molecular formula is C18H30O. The summed E-state index contributed by atoms with van der Waals surface area (Å²) in [5.41, 5.74) is 0. The first-order valence-corrected chi connectivity index (χ1v) is 7.51. The Hall–Kier alpha value is -1.08. The maximum atomic E-state index is 9.78. The van der Waals surface area contributed by atoms with Crippen LogP contribution in [-0.4, -0.2) is 11.2 Å². The van der Waals surface area contributed by atoms with Crippen LogP contribution >= 0.6 is 0 Å². The van der Waals surface area contributed by atoms with Crippen molar-refractivity contribution >= 4 is 0 Å². The molecule has 0 rings (SSSR count). The Morgan fingerprint density at radius 1 is 0.737 bits per heavy atom. The summed E-state index contributed by atoms with van der Waals surface area (Å²) in [5.74, 6) is 0. The second-order valence-electron chi connectivity index (χ2n) is 4.85. The fourth-order valence-electron chi connectivity index (χ4n) is 1.77. The zero-order chi connectivity index (χ0) is 14.2. The van der Waals surface area contributed by atoms with Crippen LogP contribution in [0.3, 0.4) is 0 Å². The quantitative estimate of drug-likeness (QED) is 0.351. The number of allylic oxidation sites excluding steroid dienone is 5. The Labute approximate surface area is 119 Å². The van der Waals surface area contributed by atoms with Gasteiger partial charge in [0.1, 0.15) is 0 Å². The lowest BCUT2D eigenvalue weighted by atomic mass is 10.1. The molecule has 0 bridgehead atoms. The Kier molecular flexibility index (Phi) is 14.1. The van der Waals surface area contributed by atoms with E-state index in [1.807, 2.05) is 12.2 Å². The standard InChI is InChI=1S/C18H30O/c1-3-5-7-9-11-13-15-17-18(19)16-14-12-10-8-6-4-2/h3-4,11-14,18-19H,1-2,5-10,15-17H2. The molecule has 1 N–H and O–H groups in total. The molecular weight excluding hydrogens is 232 g/mol. The average molecular weight is 262 g/mol. The maximum Gasteiger partial charge on any atom is 0.0577 e. The van der Waals surface area contributed by atoms with Gasteiger partial charge in [-0.25, -0.2) is 0 Å². The van der Waals surface area contributed by atoms with Crippen molar-refractivity contribution in [2.24, 2.45) is 0 Å². The first-order chi connectivity index (χ1) is 9.31. The van der Waals surface area contributed by atoms with E-state index in [2.05, 4.69) is 37.5 Å². The molecule has 108 valence electrons. The lowest BCUT2D eigenvalue weighted by Crippen LogP contribution is -2.03. The summed E-state index contributed by atoms with van der Waals surface area (Å²) in [6.07, 6.45) is 21.7. The minimum absolute atomic E-state index is 0.200. The Bertz CT molecular complexity index is 263. The van der Waals surface area contributed by atoms with Crippen LogP contribution in [0.2, 0.25) is 0 Å². The summed E-state index contributed by atoms with van der Waals surface area (Å²) >= 11 is 0. The Morgan fingerprint density at radius 3 is 1.84 bits per heavy atom. The van der Waals surface area contributed by atoms with Crippen molar-refractivity contribution in [2.75, 3.05) is 0 Å². The monoisotopic (exact) mass is 262 g/mol. The van der Waals surface area contributed by atoms with Crippen LogP contribution in [0.5, 0.6) is 0 Å². The van der Waals surface area contributed by atoms with E-state index in [1.54, 1.807) is 0 Å². The fraction of sp³-hybridized carbons (Fsp3) is 0.556. The van der Waals surface area contributed by atoms with Gasteiger partial charge in [0.2, 0.25) is 0 Å². The SMILES string of the molecule is C=CCCCC=CCCC(O)CC=CCCCC=C. The maximum absolute atomic E-state index is 9.78. The molecule has 1 unspecified atom stereocenters. The minimum atomic E-state index is -0.200. The summed E-state index contributed by atoms with van der Waals surface area (Å²) in [6, 6.07) is 0. The number of aliphatic hydroxyl groups is 1. The first kappa shape index (κ1) is 17.9. The summed E-state index contributed by atoms with van der Waals surface area (Å²) < 4.78 is 0. The largest absolute Gasteiger partial charge is 0.393 e. The van der Waals surface area contributed by atoms with Gasteiger partial charge in [-0.3, -0.25) is 0 Å². The smallest absolute Gasteiger partial charge is 0.0577 e. The zero-order valence-corrected chi connectivity index (χ0v) is 12.3. The molecule has 0 amide bonds. The molecule has 0 saturated heterocycles. The third-order valence-electron chi connectivity index (χ3n) is 2.97. The van der Waals surface area contributed by atoms with E-state index in [4.69, 9.17) is 0 Å². The molecule has 0 aromatic carbocycles. The molecule has 0 heterocycles. The van der Waals surface area contributed by atoms with Gasteiger partial charge in [0.25, 0.3) is 0 Å². The molecule has 0 aliphatic rings. The number of hydrogen-bond donors (Lipinski definition) is 1. The van der Waals surface area contributed by atoms with E-state index in [-0.39, 0.29) is 6.10 Å². The van der Waals surface area contributed by atoms with Crippen molar-refractivity contribution in [3.63, 3.8) is 0 Å². The first-order valence-electron chi connectivity index (χ1n) is 7.51. The third kappa shape index (κ3) is 14.9. The van der Waals surface area contributed by atoms with Crippen molar-refractivity contribution in [3.8, 4) is 0 Å². The molecule has 0 aliphatic heterocycles. The molecule has 1 atom stereocenters. The topological polar surface area (TPSA) is 20.2 Å². The van der Waals surface area contributed by atoms with E-state index in [0.717, 1.165) is 51.4 Å². The van der Waals surface area contributed by atoms with Gasteiger partial charge in [0.05, 0.1) is 6.10 Å². The molecule has 0 spiro atoms. The van der Waals surface area contributed by atoms with Crippen LogP contribution in [0.15, 0.2) is 49.6 Å². The van der Waals surface area contributed by atoms with Gasteiger partial charge < -0.3 is 5.11 Å². The van der Waals surface area contributed by atoms with Crippen LogP contribution in [-0.2, 0) is 0 Å². The lowest BCUT2D eigenvalue weighted by Gasteiger charge is -2.05. The molecule has 0 aromatic rings. The predicted octanol–water partition coefficient (Wildman–Crippen LogP) is 5.34. The summed E-state index contributed by atoms with van der Waals surface area (Å²) in [7, 11) is 0. The van der Waals surface area contributed by atoms with Crippen molar-refractivity contribution in [1.82, 2.24) is 0 Å². The highest BCUT2D eigenvalue weighted by molar-refractivity contribution is 4.87. The predicted molar refractivity (Wildman–Crippen MR) is 86.2 cm³/mol.